The molecule has 0 aromatic carbocycles. The average molecular weight is 347 g/mol. The van der Waals surface area contributed by atoms with Crippen LogP contribution in [0.3, 0.4) is 0 Å². The predicted octanol–water partition coefficient (Wildman–Crippen LogP) is 2.59. The third-order valence-corrected chi connectivity index (χ3v) is 2.65. The van der Waals surface area contributed by atoms with E-state index in [2.05, 4.69) is 9.72 Å². The van der Waals surface area contributed by atoms with E-state index in [1.54, 1.807) is 22.6 Å². The normalized spacial score (nSPS) is 11.3. The van der Waals surface area contributed by atoms with Gasteiger partial charge in [-0.25, -0.2) is 9.78 Å². The Morgan fingerprint density at radius 1 is 1.56 bits per heavy atom. The summed E-state index contributed by atoms with van der Waals surface area (Å²) in [5, 5.41) is 8.69. The molecule has 0 fully saturated rings. The Hall–Kier alpha value is -1.06. The number of aromatic carboxylic acids is 1. The molecule has 0 spiro atoms. The van der Waals surface area contributed by atoms with Gasteiger partial charge in [0.25, 0.3) is 0 Å². The van der Waals surface area contributed by atoms with Crippen LogP contribution in [0.5, 0.6) is 5.88 Å². The lowest BCUT2D eigenvalue weighted by molar-refractivity contribution is -0.276. The van der Waals surface area contributed by atoms with Gasteiger partial charge in [-0.1, -0.05) is 0 Å². The number of halogens is 4. The second-order valence-electron chi connectivity index (χ2n) is 2.76. The molecule has 0 atom stereocenters. The minimum Gasteiger partial charge on any atom is -0.477 e. The summed E-state index contributed by atoms with van der Waals surface area (Å²) < 4.78 is 39.9. The Morgan fingerprint density at radius 2 is 2.12 bits per heavy atom. The van der Waals surface area contributed by atoms with E-state index in [4.69, 9.17) is 5.11 Å². The second-order valence-corrected chi connectivity index (χ2v) is 3.92. The molecule has 0 saturated carbocycles. The molecule has 0 aliphatic heterocycles. The number of hydrogen-bond acceptors (Lipinski definition) is 3. The number of nitrogens with zero attached hydrogens (tertiary/aromatic N) is 1. The lowest BCUT2D eigenvalue weighted by Gasteiger charge is -2.11. The molecule has 0 radical (unpaired) electrons. The van der Waals surface area contributed by atoms with E-state index >= 15 is 0 Å². The summed E-state index contributed by atoms with van der Waals surface area (Å²) >= 11 is 1.77. The first-order chi connectivity index (χ1) is 7.20. The molecule has 1 N–H and O–H groups in total. The zero-order valence-electron chi connectivity index (χ0n) is 7.80. The van der Waals surface area contributed by atoms with E-state index in [1.165, 1.54) is 6.92 Å². The summed E-state index contributed by atoms with van der Waals surface area (Å²) in [6, 6.07) is 1.08. The maximum atomic E-state index is 12.0. The van der Waals surface area contributed by atoms with Crippen molar-refractivity contribution in [2.45, 2.75) is 13.3 Å². The lowest BCUT2D eigenvalue weighted by Crippen LogP contribution is -2.20. The smallest absolute Gasteiger partial charge is 0.477 e. The first-order valence-corrected chi connectivity index (χ1v) is 4.95. The molecule has 1 rings (SSSR count). The van der Waals surface area contributed by atoms with Gasteiger partial charge in [0.1, 0.15) is 5.56 Å². The molecule has 88 valence electrons. The van der Waals surface area contributed by atoms with Gasteiger partial charge in [0.05, 0.1) is 5.69 Å². The highest BCUT2D eigenvalue weighted by Gasteiger charge is 2.34. The largest absolute Gasteiger partial charge is 0.574 e. The zero-order chi connectivity index (χ0) is 12.5. The van der Waals surface area contributed by atoms with Gasteiger partial charge in [-0.3, -0.25) is 0 Å². The maximum absolute atomic E-state index is 12.0. The molecule has 0 amide bonds. The van der Waals surface area contributed by atoms with Gasteiger partial charge in [0, 0.05) is 3.57 Å². The van der Waals surface area contributed by atoms with Crippen molar-refractivity contribution in [3.05, 3.63) is 20.9 Å². The SMILES string of the molecule is Cc1nc(OC(F)(F)F)c(C(=O)O)cc1I. The molecular formula is C8H5F3INO3. The molecule has 8 heteroatoms. The van der Waals surface area contributed by atoms with Gasteiger partial charge in [-0.05, 0) is 35.6 Å². The average Bonchev–Trinajstić information content (AvgIpc) is 2.07. The first-order valence-electron chi connectivity index (χ1n) is 3.87. The molecule has 0 aliphatic rings. The number of aryl methyl sites for hydroxylation is 1. The van der Waals surface area contributed by atoms with Crippen molar-refractivity contribution in [2.75, 3.05) is 0 Å². The predicted molar refractivity (Wildman–Crippen MR) is 55.3 cm³/mol. The maximum Gasteiger partial charge on any atom is 0.574 e. The van der Waals surface area contributed by atoms with Crippen LogP contribution in [0.25, 0.3) is 0 Å². The van der Waals surface area contributed by atoms with Crippen molar-refractivity contribution in [3.8, 4) is 5.88 Å². The number of carbonyl (C=O) groups is 1. The number of carboxylic acid groups (broad SMARTS) is 1. The molecule has 1 aromatic heterocycles. The molecule has 0 saturated heterocycles. The molecule has 0 aliphatic carbocycles. The van der Waals surface area contributed by atoms with E-state index in [-0.39, 0.29) is 5.69 Å². The fraction of sp³-hybridized carbons (Fsp3) is 0.250. The summed E-state index contributed by atoms with van der Waals surface area (Å²) in [6.07, 6.45) is -4.96. The Labute approximate surface area is 102 Å². The molecule has 1 aromatic rings. The number of hydrogen-bond donors (Lipinski definition) is 1. The number of alkyl halides is 3. The number of rotatable bonds is 2. The molecule has 1 heterocycles. The Morgan fingerprint density at radius 3 is 2.56 bits per heavy atom. The Bertz CT molecular complexity index is 433. The monoisotopic (exact) mass is 347 g/mol. The minimum absolute atomic E-state index is 0.268. The summed E-state index contributed by atoms with van der Waals surface area (Å²) in [4.78, 5) is 14.1. The van der Waals surface area contributed by atoms with E-state index in [9.17, 15) is 18.0 Å². The second kappa shape index (κ2) is 4.44. The van der Waals surface area contributed by atoms with E-state index in [1.807, 2.05) is 0 Å². The summed E-state index contributed by atoms with van der Waals surface area (Å²) in [5.74, 6) is -2.47. The van der Waals surface area contributed by atoms with Crippen LogP contribution in [0.1, 0.15) is 16.1 Å². The zero-order valence-corrected chi connectivity index (χ0v) is 9.96. The van der Waals surface area contributed by atoms with E-state index < -0.39 is 23.8 Å². The van der Waals surface area contributed by atoms with Crippen LogP contribution in [-0.2, 0) is 0 Å². The van der Waals surface area contributed by atoms with E-state index in [0.717, 1.165) is 6.07 Å². The van der Waals surface area contributed by atoms with Gasteiger partial charge < -0.3 is 9.84 Å². The molecule has 16 heavy (non-hydrogen) atoms. The number of pyridine rings is 1. The molecule has 4 nitrogen and oxygen atoms in total. The van der Waals surface area contributed by atoms with Crippen molar-refractivity contribution in [2.24, 2.45) is 0 Å². The van der Waals surface area contributed by atoms with Crippen LogP contribution in [0.2, 0.25) is 0 Å². The number of carboxylic acids is 1. The topological polar surface area (TPSA) is 59.4 Å². The van der Waals surface area contributed by atoms with Gasteiger partial charge in [0.15, 0.2) is 0 Å². The van der Waals surface area contributed by atoms with Gasteiger partial charge >= 0.3 is 12.3 Å². The number of ether oxygens (including phenoxy) is 1. The van der Waals surface area contributed by atoms with Gasteiger partial charge in [-0.2, -0.15) is 0 Å². The fourth-order valence-electron chi connectivity index (χ4n) is 0.899. The van der Waals surface area contributed by atoms with Gasteiger partial charge in [-0.15, -0.1) is 13.2 Å². The quantitative estimate of drug-likeness (QED) is 0.836. The van der Waals surface area contributed by atoms with Crippen molar-refractivity contribution in [3.63, 3.8) is 0 Å². The molecule has 0 unspecified atom stereocenters. The van der Waals surface area contributed by atoms with Crippen molar-refractivity contribution >= 4 is 28.6 Å². The highest BCUT2D eigenvalue weighted by Crippen LogP contribution is 2.26. The third kappa shape index (κ3) is 3.22. The minimum atomic E-state index is -4.96. The van der Waals surface area contributed by atoms with E-state index in [0.29, 0.717) is 3.57 Å². The van der Waals surface area contributed by atoms with Crippen molar-refractivity contribution in [1.29, 1.82) is 0 Å². The van der Waals surface area contributed by atoms with Crippen molar-refractivity contribution in [1.82, 2.24) is 4.98 Å². The summed E-state index contributed by atoms with van der Waals surface area (Å²) in [7, 11) is 0. The van der Waals surface area contributed by atoms with Crippen LogP contribution in [0, 0.1) is 10.5 Å². The standard InChI is InChI=1S/C8H5F3INO3/c1-3-5(12)2-4(7(14)15)6(13-3)16-8(9,10)11/h2H,1H3,(H,14,15). The van der Waals surface area contributed by atoms with Gasteiger partial charge in [0.2, 0.25) is 5.88 Å². The Kier molecular flexibility index (Phi) is 3.61. The van der Waals surface area contributed by atoms with Crippen LogP contribution in [0.15, 0.2) is 6.07 Å². The Balaban J connectivity index is 3.25. The van der Waals surface area contributed by atoms with Crippen LogP contribution in [-0.4, -0.2) is 22.4 Å². The molecule has 0 bridgehead atoms. The lowest BCUT2D eigenvalue weighted by atomic mass is 10.2. The highest BCUT2D eigenvalue weighted by molar-refractivity contribution is 14.1. The first kappa shape index (κ1) is 13.0. The van der Waals surface area contributed by atoms with Crippen LogP contribution in [0.4, 0.5) is 13.2 Å². The molecular weight excluding hydrogens is 342 g/mol. The summed E-state index contributed by atoms with van der Waals surface area (Å²) in [5.41, 5.74) is -0.350. The van der Waals surface area contributed by atoms with Crippen LogP contribution < -0.4 is 4.74 Å². The summed E-state index contributed by atoms with van der Waals surface area (Å²) in [6.45, 7) is 1.45. The highest BCUT2D eigenvalue weighted by atomic mass is 127. The third-order valence-electron chi connectivity index (χ3n) is 1.56. The fourth-order valence-corrected chi connectivity index (χ4v) is 1.33. The number of aromatic nitrogens is 1. The van der Waals surface area contributed by atoms with Crippen molar-refractivity contribution < 1.29 is 27.8 Å². The van der Waals surface area contributed by atoms with Crippen LogP contribution >= 0.6 is 22.6 Å².